The van der Waals surface area contributed by atoms with Crippen molar-refractivity contribution in [2.45, 2.75) is 66.2 Å². The van der Waals surface area contributed by atoms with Crippen molar-refractivity contribution in [2.24, 2.45) is 11.8 Å². The highest BCUT2D eigenvalue weighted by atomic mass is 32.2. The SMILES string of the molecule is CC(CCS(=O)(=O)O)C(C)CCS(=O)(=O)O.CCCCOS(=O)OCCCC. The molecule has 0 aliphatic heterocycles. The van der Waals surface area contributed by atoms with Crippen molar-refractivity contribution in [3.8, 4) is 0 Å². The highest BCUT2D eigenvalue weighted by Gasteiger charge is 2.17. The van der Waals surface area contributed by atoms with E-state index >= 15 is 0 Å². The van der Waals surface area contributed by atoms with Crippen LogP contribution < -0.4 is 0 Å². The van der Waals surface area contributed by atoms with Crippen LogP contribution in [0.15, 0.2) is 0 Å². The normalized spacial score (nSPS) is 14.4. The maximum Gasteiger partial charge on any atom is 0.304 e. The summed E-state index contributed by atoms with van der Waals surface area (Å²) in [5.74, 6) is -0.735. The first-order valence-electron chi connectivity index (χ1n) is 9.41. The Labute approximate surface area is 172 Å². The van der Waals surface area contributed by atoms with Gasteiger partial charge >= 0.3 is 11.4 Å². The van der Waals surface area contributed by atoms with E-state index in [1.54, 1.807) is 13.8 Å². The molecular weight excluding hydrogens is 432 g/mol. The summed E-state index contributed by atoms with van der Waals surface area (Å²) in [5.41, 5.74) is 0. The Hall–Kier alpha value is -0.110. The molecule has 0 aromatic rings. The van der Waals surface area contributed by atoms with Crippen molar-refractivity contribution in [1.29, 1.82) is 0 Å². The molecule has 0 bridgehead atoms. The summed E-state index contributed by atoms with van der Waals surface area (Å²) >= 11 is -1.52. The van der Waals surface area contributed by atoms with Crippen molar-refractivity contribution >= 4 is 31.6 Å². The van der Waals surface area contributed by atoms with Crippen molar-refractivity contribution < 1.29 is 38.5 Å². The van der Waals surface area contributed by atoms with E-state index in [0.717, 1.165) is 25.7 Å². The van der Waals surface area contributed by atoms with Gasteiger partial charge in [0, 0.05) is 0 Å². The van der Waals surface area contributed by atoms with Crippen LogP contribution in [0.4, 0.5) is 0 Å². The molecule has 0 radical (unpaired) electrons. The molecule has 0 saturated heterocycles. The van der Waals surface area contributed by atoms with Gasteiger partial charge in [0.1, 0.15) is 0 Å². The topological polar surface area (TPSA) is 144 Å². The van der Waals surface area contributed by atoms with Crippen LogP contribution in [0, 0.1) is 11.8 Å². The summed E-state index contributed by atoms with van der Waals surface area (Å²) in [6, 6.07) is 0. The molecule has 0 aromatic heterocycles. The van der Waals surface area contributed by atoms with Crippen LogP contribution in [0.2, 0.25) is 0 Å². The van der Waals surface area contributed by atoms with Crippen LogP contribution in [0.3, 0.4) is 0 Å². The van der Waals surface area contributed by atoms with Gasteiger partial charge in [-0.2, -0.15) is 21.0 Å². The molecule has 0 spiro atoms. The fourth-order valence-electron chi connectivity index (χ4n) is 1.82. The molecule has 2 atom stereocenters. The van der Waals surface area contributed by atoms with Gasteiger partial charge in [-0.15, -0.1) is 0 Å². The zero-order valence-electron chi connectivity index (χ0n) is 17.2. The van der Waals surface area contributed by atoms with Gasteiger partial charge in [0.25, 0.3) is 20.2 Å². The molecule has 2 unspecified atom stereocenters. The Kier molecular flexibility index (Phi) is 17.9. The first kappa shape index (κ1) is 30.1. The van der Waals surface area contributed by atoms with Crippen molar-refractivity contribution in [3.63, 3.8) is 0 Å². The van der Waals surface area contributed by atoms with Crippen molar-refractivity contribution in [3.05, 3.63) is 0 Å². The molecule has 172 valence electrons. The van der Waals surface area contributed by atoms with E-state index in [1.165, 1.54) is 0 Å². The fraction of sp³-hybridized carbons (Fsp3) is 1.00. The van der Waals surface area contributed by atoms with Gasteiger partial charge < -0.3 is 0 Å². The summed E-state index contributed by atoms with van der Waals surface area (Å²) in [4.78, 5) is 0. The maximum absolute atomic E-state index is 10.9. The van der Waals surface area contributed by atoms with Crippen LogP contribution in [0.25, 0.3) is 0 Å². The molecule has 0 fully saturated rings. The molecule has 9 nitrogen and oxygen atoms in total. The van der Waals surface area contributed by atoms with Crippen LogP contribution in [-0.2, 0) is 40.0 Å². The van der Waals surface area contributed by atoms with Gasteiger partial charge in [0.15, 0.2) is 0 Å². The van der Waals surface area contributed by atoms with Crippen LogP contribution in [0.5, 0.6) is 0 Å². The predicted molar refractivity (Wildman–Crippen MR) is 110 cm³/mol. The van der Waals surface area contributed by atoms with Gasteiger partial charge in [-0.1, -0.05) is 40.5 Å². The zero-order chi connectivity index (χ0) is 22.2. The predicted octanol–water partition coefficient (Wildman–Crippen LogP) is 3.01. The minimum atomic E-state index is -3.96. The number of rotatable bonds is 15. The third-order valence-electron chi connectivity index (χ3n) is 3.99. The summed E-state index contributed by atoms with van der Waals surface area (Å²) in [6.07, 6.45) is 4.50. The minimum Gasteiger partial charge on any atom is -0.286 e. The van der Waals surface area contributed by atoms with E-state index in [9.17, 15) is 21.0 Å². The summed E-state index contributed by atoms with van der Waals surface area (Å²) in [5, 5.41) is 0. The summed E-state index contributed by atoms with van der Waals surface area (Å²) in [6.45, 7) is 8.72. The van der Waals surface area contributed by atoms with Crippen LogP contribution in [0.1, 0.15) is 66.2 Å². The standard InChI is InChI=1S/C8H18O6S2.C8H18O3S/c1-7(3-5-15(9,10)11)8(2)4-6-16(12,13)14;1-3-5-7-10-12(9)11-8-6-4-2/h7-8H,3-6H2,1-2H3,(H,9,10,11)(H,12,13,14);3-8H2,1-2H3. The van der Waals surface area contributed by atoms with Crippen LogP contribution in [-0.4, -0.2) is 54.9 Å². The van der Waals surface area contributed by atoms with Gasteiger partial charge in [-0.3, -0.25) is 17.5 Å². The Balaban J connectivity index is 0. The molecule has 0 saturated carbocycles. The maximum atomic E-state index is 10.9. The molecule has 0 aromatic carbocycles. The lowest BCUT2D eigenvalue weighted by Crippen LogP contribution is -2.17. The smallest absolute Gasteiger partial charge is 0.286 e. The second-order valence-electron chi connectivity index (χ2n) is 6.66. The van der Waals surface area contributed by atoms with Gasteiger partial charge in [-0.25, -0.2) is 0 Å². The quantitative estimate of drug-likeness (QED) is 0.273. The number of unbranched alkanes of at least 4 members (excludes halogenated alkanes) is 2. The van der Waals surface area contributed by atoms with Crippen LogP contribution >= 0.6 is 0 Å². The summed E-state index contributed by atoms with van der Waals surface area (Å²) < 4.78 is 79.7. The molecule has 0 aliphatic carbocycles. The van der Waals surface area contributed by atoms with E-state index in [-0.39, 0.29) is 36.2 Å². The average molecular weight is 469 g/mol. The van der Waals surface area contributed by atoms with E-state index in [2.05, 4.69) is 13.8 Å². The molecule has 28 heavy (non-hydrogen) atoms. The van der Waals surface area contributed by atoms with Gasteiger partial charge in [-0.05, 0) is 37.5 Å². The second kappa shape index (κ2) is 16.7. The third-order valence-corrected chi connectivity index (χ3v) is 6.21. The number of hydrogen-bond acceptors (Lipinski definition) is 7. The van der Waals surface area contributed by atoms with Gasteiger partial charge in [0.05, 0.1) is 24.7 Å². The lowest BCUT2D eigenvalue weighted by atomic mass is 9.91. The third kappa shape index (κ3) is 23.9. The first-order valence-corrected chi connectivity index (χ1v) is 13.6. The Morgan fingerprint density at radius 3 is 1.36 bits per heavy atom. The fourth-order valence-corrected chi connectivity index (χ4v) is 3.73. The van der Waals surface area contributed by atoms with E-state index < -0.39 is 31.6 Å². The molecule has 0 aliphatic rings. The average Bonchev–Trinajstić information content (AvgIpc) is 2.57. The second-order valence-corrected chi connectivity index (χ2v) is 10.7. The highest BCUT2D eigenvalue weighted by molar-refractivity contribution is 7.86. The van der Waals surface area contributed by atoms with Crippen molar-refractivity contribution in [1.82, 2.24) is 0 Å². The Bertz CT molecular complexity index is 551. The highest BCUT2D eigenvalue weighted by Crippen LogP contribution is 2.19. The molecule has 2 N–H and O–H groups in total. The summed E-state index contributed by atoms with van der Waals surface area (Å²) in [7, 11) is -7.93. The van der Waals surface area contributed by atoms with E-state index in [1.807, 2.05) is 0 Å². The molecule has 0 heterocycles. The lowest BCUT2D eigenvalue weighted by molar-refractivity contribution is 0.244. The molecular formula is C16H36O9S3. The molecule has 12 heteroatoms. The molecule has 0 rings (SSSR count). The number of hydrogen-bond donors (Lipinski definition) is 2. The molecule has 0 amide bonds. The Morgan fingerprint density at radius 1 is 0.786 bits per heavy atom. The first-order chi connectivity index (χ1) is 12.8. The zero-order valence-corrected chi connectivity index (χ0v) is 19.7. The lowest BCUT2D eigenvalue weighted by Gasteiger charge is -2.18. The van der Waals surface area contributed by atoms with E-state index in [4.69, 9.17) is 17.5 Å². The monoisotopic (exact) mass is 468 g/mol. The minimum absolute atomic E-state index is 0.0383. The van der Waals surface area contributed by atoms with Crippen molar-refractivity contribution in [2.75, 3.05) is 24.7 Å². The largest absolute Gasteiger partial charge is 0.304 e. The van der Waals surface area contributed by atoms with E-state index in [0.29, 0.717) is 13.2 Å². The Morgan fingerprint density at radius 2 is 1.11 bits per heavy atom. The van der Waals surface area contributed by atoms with Gasteiger partial charge in [0.2, 0.25) is 0 Å².